The van der Waals surface area contributed by atoms with Gasteiger partial charge in [0.2, 0.25) is 10.6 Å². The van der Waals surface area contributed by atoms with Crippen LogP contribution in [0.15, 0.2) is 93.5 Å². The van der Waals surface area contributed by atoms with Crippen molar-refractivity contribution in [1.82, 2.24) is 0 Å². The predicted octanol–water partition coefficient (Wildman–Crippen LogP) is 7.14. The van der Waals surface area contributed by atoms with Crippen LogP contribution in [0, 0.1) is 0 Å². The zero-order valence-electron chi connectivity index (χ0n) is 18.2. The Balaban J connectivity index is 2.23. The molecule has 0 amide bonds. The van der Waals surface area contributed by atoms with Gasteiger partial charge in [-0.05, 0) is 77.9 Å². The van der Waals surface area contributed by atoms with E-state index in [2.05, 4.69) is 114 Å². The topological polar surface area (TPSA) is 18.5 Å². The highest BCUT2D eigenvalue weighted by molar-refractivity contribution is 7.97. The summed E-state index contributed by atoms with van der Waals surface area (Å²) in [4.78, 5) is 3.65. The molecule has 0 unspecified atom stereocenters. The Hall–Kier alpha value is -2.39. The lowest BCUT2D eigenvalue weighted by molar-refractivity contribution is 0.0926. The molecule has 0 atom stereocenters. The Morgan fingerprint density at radius 1 is 0.552 bits per heavy atom. The van der Waals surface area contributed by atoms with Crippen LogP contribution in [-0.4, -0.2) is 11.2 Å². The molecular weight excluding hydrogens is 376 g/mol. The van der Waals surface area contributed by atoms with Crippen LogP contribution in [0.2, 0.25) is 0 Å². The van der Waals surface area contributed by atoms with E-state index in [-0.39, 0.29) is 22.1 Å². The minimum atomic E-state index is -0.339. The zero-order valence-corrected chi connectivity index (χ0v) is 19.0. The molecule has 0 aliphatic carbocycles. The van der Waals surface area contributed by atoms with Gasteiger partial charge < -0.3 is 9.47 Å². The quantitative estimate of drug-likeness (QED) is 0.419. The molecule has 0 saturated carbocycles. The van der Waals surface area contributed by atoms with Gasteiger partial charge in [-0.25, -0.2) is 0 Å². The van der Waals surface area contributed by atoms with Crippen molar-refractivity contribution >= 4 is 10.9 Å². The smallest absolute Gasteiger partial charge is 0.218 e. The van der Waals surface area contributed by atoms with E-state index in [0.717, 1.165) is 16.4 Å². The summed E-state index contributed by atoms with van der Waals surface area (Å²) in [6.07, 6.45) is 0. The SMILES string of the molecule is CC(C)(C)Oc1cccc([S+](c2ccccc2)c2ccccc2)c1OC(C)(C)C. The molecule has 29 heavy (non-hydrogen) atoms. The molecule has 0 aromatic heterocycles. The highest BCUT2D eigenvalue weighted by atomic mass is 32.2. The normalized spacial score (nSPS) is 12.1. The van der Waals surface area contributed by atoms with Gasteiger partial charge in [0.25, 0.3) is 0 Å². The molecule has 152 valence electrons. The molecule has 3 heteroatoms. The number of benzene rings is 3. The highest BCUT2D eigenvalue weighted by Gasteiger charge is 2.35. The van der Waals surface area contributed by atoms with Gasteiger partial charge in [-0.15, -0.1) is 0 Å². The first-order valence-corrected chi connectivity index (χ1v) is 11.2. The Kier molecular flexibility index (Phi) is 6.28. The Bertz CT molecular complexity index is 883. The number of rotatable bonds is 5. The van der Waals surface area contributed by atoms with E-state index >= 15 is 0 Å². The van der Waals surface area contributed by atoms with Gasteiger partial charge in [0, 0.05) is 0 Å². The molecular formula is C26H31O2S+. The van der Waals surface area contributed by atoms with E-state index in [9.17, 15) is 0 Å². The Labute approximate surface area is 178 Å². The first kappa shape index (κ1) is 21.3. The molecule has 0 aliphatic rings. The summed E-state index contributed by atoms with van der Waals surface area (Å²) in [5, 5.41) is 0. The van der Waals surface area contributed by atoms with Crippen molar-refractivity contribution in [3.63, 3.8) is 0 Å². The molecule has 3 aromatic carbocycles. The van der Waals surface area contributed by atoms with Gasteiger partial charge in [-0.3, -0.25) is 0 Å². The van der Waals surface area contributed by atoms with Crippen molar-refractivity contribution in [3.8, 4) is 11.5 Å². The van der Waals surface area contributed by atoms with E-state index in [1.165, 1.54) is 9.79 Å². The van der Waals surface area contributed by atoms with Crippen LogP contribution in [0.25, 0.3) is 0 Å². The molecule has 3 rings (SSSR count). The van der Waals surface area contributed by atoms with Crippen LogP contribution >= 0.6 is 0 Å². The number of ether oxygens (including phenoxy) is 2. The predicted molar refractivity (Wildman–Crippen MR) is 122 cm³/mol. The maximum absolute atomic E-state index is 6.52. The van der Waals surface area contributed by atoms with Crippen molar-refractivity contribution in [3.05, 3.63) is 78.9 Å². The van der Waals surface area contributed by atoms with Gasteiger partial charge in [0.05, 0.1) is 0 Å². The lowest BCUT2D eigenvalue weighted by atomic mass is 10.1. The van der Waals surface area contributed by atoms with Crippen molar-refractivity contribution in [2.75, 3.05) is 0 Å². The van der Waals surface area contributed by atoms with Crippen LogP contribution in [0.5, 0.6) is 11.5 Å². The van der Waals surface area contributed by atoms with Gasteiger partial charge in [-0.1, -0.05) is 42.5 Å². The molecule has 0 spiro atoms. The van der Waals surface area contributed by atoms with E-state index in [1.807, 2.05) is 6.07 Å². The second kappa shape index (κ2) is 8.54. The van der Waals surface area contributed by atoms with Crippen LogP contribution in [0.4, 0.5) is 0 Å². The van der Waals surface area contributed by atoms with Crippen molar-refractivity contribution in [2.24, 2.45) is 0 Å². The minimum absolute atomic E-state index is 0.305. The highest BCUT2D eigenvalue weighted by Crippen LogP contribution is 2.43. The fraction of sp³-hybridized carbons (Fsp3) is 0.308. The molecule has 0 aliphatic heterocycles. The van der Waals surface area contributed by atoms with Crippen LogP contribution in [-0.2, 0) is 10.9 Å². The molecule has 0 N–H and O–H groups in total. The summed E-state index contributed by atoms with van der Waals surface area (Å²) >= 11 is 0. The van der Waals surface area contributed by atoms with Crippen LogP contribution in [0.3, 0.4) is 0 Å². The van der Waals surface area contributed by atoms with E-state index < -0.39 is 0 Å². The average Bonchev–Trinajstić information content (AvgIpc) is 2.64. The molecule has 0 bridgehead atoms. The second-order valence-electron chi connectivity index (χ2n) is 8.94. The molecule has 2 nitrogen and oxygen atoms in total. The number of para-hydroxylation sites is 1. The summed E-state index contributed by atoms with van der Waals surface area (Å²) in [7, 11) is -0.305. The summed E-state index contributed by atoms with van der Waals surface area (Å²) < 4.78 is 12.8. The molecule has 0 heterocycles. The van der Waals surface area contributed by atoms with Crippen molar-refractivity contribution < 1.29 is 9.47 Å². The molecule has 3 aromatic rings. The summed E-state index contributed by atoms with van der Waals surface area (Å²) in [6.45, 7) is 12.4. The third kappa shape index (κ3) is 5.80. The zero-order chi connectivity index (χ0) is 21.1. The van der Waals surface area contributed by atoms with E-state index in [1.54, 1.807) is 0 Å². The third-order valence-electron chi connectivity index (χ3n) is 3.94. The fourth-order valence-corrected chi connectivity index (χ4v) is 5.16. The standard InChI is InChI=1S/C26H31O2S/c1-25(2,3)27-22-18-13-19-23(24(22)28-26(4,5)6)29(20-14-9-7-10-15-20)21-16-11-8-12-17-21/h7-19H,1-6H3/q+1. The summed E-state index contributed by atoms with van der Waals surface area (Å²) in [5.41, 5.74) is -0.652. The van der Waals surface area contributed by atoms with Gasteiger partial charge >= 0.3 is 0 Å². The number of hydrogen-bond acceptors (Lipinski definition) is 2. The van der Waals surface area contributed by atoms with Crippen LogP contribution in [0.1, 0.15) is 41.5 Å². The monoisotopic (exact) mass is 407 g/mol. The van der Waals surface area contributed by atoms with Crippen molar-refractivity contribution in [2.45, 2.75) is 67.4 Å². The number of hydrogen-bond donors (Lipinski definition) is 0. The van der Waals surface area contributed by atoms with Gasteiger partial charge in [-0.2, -0.15) is 0 Å². The second-order valence-corrected chi connectivity index (χ2v) is 10.9. The third-order valence-corrected chi connectivity index (χ3v) is 6.19. The van der Waals surface area contributed by atoms with Crippen molar-refractivity contribution in [1.29, 1.82) is 0 Å². The summed E-state index contributed by atoms with van der Waals surface area (Å²) in [6, 6.07) is 27.5. The van der Waals surface area contributed by atoms with Gasteiger partial charge in [0.15, 0.2) is 15.5 Å². The maximum atomic E-state index is 6.52. The summed E-state index contributed by atoms with van der Waals surface area (Å²) in [5.74, 6) is 1.61. The fourth-order valence-electron chi connectivity index (χ4n) is 2.98. The first-order valence-electron chi connectivity index (χ1n) is 9.99. The average molecular weight is 408 g/mol. The maximum Gasteiger partial charge on any atom is 0.218 e. The largest absolute Gasteiger partial charge is 0.484 e. The van der Waals surface area contributed by atoms with Gasteiger partial charge in [0.1, 0.15) is 22.1 Å². The Morgan fingerprint density at radius 2 is 1.03 bits per heavy atom. The van der Waals surface area contributed by atoms with E-state index in [0.29, 0.717) is 0 Å². The molecule has 0 radical (unpaired) electrons. The Morgan fingerprint density at radius 3 is 1.48 bits per heavy atom. The molecule has 0 saturated heterocycles. The lowest BCUT2D eigenvalue weighted by Crippen LogP contribution is -2.27. The minimum Gasteiger partial charge on any atom is -0.484 e. The lowest BCUT2D eigenvalue weighted by Gasteiger charge is -2.28. The first-order chi connectivity index (χ1) is 13.6. The van der Waals surface area contributed by atoms with Crippen LogP contribution < -0.4 is 9.47 Å². The molecule has 0 fully saturated rings. The van der Waals surface area contributed by atoms with E-state index in [4.69, 9.17) is 9.47 Å².